The van der Waals surface area contributed by atoms with Crippen LogP contribution in [0.25, 0.3) is 0 Å². The van der Waals surface area contributed by atoms with Crippen LogP contribution in [-0.2, 0) is 16.0 Å². The van der Waals surface area contributed by atoms with Crippen LogP contribution in [0.1, 0.15) is 28.9 Å². The largest absolute Gasteiger partial charge is 0.468 e. The van der Waals surface area contributed by atoms with Crippen molar-refractivity contribution >= 4 is 41.0 Å². The van der Waals surface area contributed by atoms with Crippen molar-refractivity contribution in [3.63, 3.8) is 0 Å². The first kappa shape index (κ1) is 24.5. The van der Waals surface area contributed by atoms with Crippen LogP contribution in [-0.4, -0.2) is 71.7 Å². The predicted molar refractivity (Wildman–Crippen MR) is 130 cm³/mol. The molecule has 0 unspecified atom stereocenters. The topological polar surface area (TPSA) is 170 Å². The molecule has 2 amide bonds. The Balaban J connectivity index is 1.27. The van der Waals surface area contributed by atoms with Crippen LogP contribution >= 0.6 is 11.6 Å². The third-order valence-corrected chi connectivity index (χ3v) is 6.25. The lowest BCUT2D eigenvalue weighted by molar-refractivity contribution is -0.132. The zero-order chi connectivity index (χ0) is 25.0. The van der Waals surface area contributed by atoms with Gasteiger partial charge in [-0.3, -0.25) is 19.9 Å². The molecule has 2 aliphatic rings. The molecule has 12 nitrogen and oxygen atoms in total. The Bertz CT molecular complexity index is 1130. The maximum Gasteiger partial charge on any atom is 0.280 e. The Morgan fingerprint density at radius 3 is 2.57 bits per heavy atom. The first-order valence-corrected chi connectivity index (χ1v) is 11.4. The van der Waals surface area contributed by atoms with E-state index in [-0.39, 0.29) is 40.7 Å². The van der Waals surface area contributed by atoms with Crippen LogP contribution in [0.5, 0.6) is 5.75 Å². The molecular formula is C22H27ClN8O4. The van der Waals surface area contributed by atoms with Gasteiger partial charge in [0, 0.05) is 20.2 Å². The van der Waals surface area contributed by atoms with Crippen molar-refractivity contribution in [3.8, 4) is 5.75 Å². The summed E-state index contributed by atoms with van der Waals surface area (Å²) in [6.07, 6.45) is 1.71. The lowest BCUT2D eigenvalue weighted by atomic mass is 9.88. The highest BCUT2D eigenvalue weighted by Crippen LogP contribution is 2.26. The number of carbonyl (C=O) groups is 2. The number of nitrogens with zero attached hydrogens (tertiary/aromatic N) is 4. The fourth-order valence-corrected chi connectivity index (χ4v) is 4.12. The molecule has 0 aliphatic carbocycles. The Kier molecular flexibility index (Phi) is 7.22. The van der Waals surface area contributed by atoms with Crippen LogP contribution in [0.4, 0.5) is 11.6 Å². The molecule has 6 N–H and O–H groups in total. The van der Waals surface area contributed by atoms with Gasteiger partial charge in [0.2, 0.25) is 5.91 Å². The van der Waals surface area contributed by atoms with E-state index in [1.54, 1.807) is 7.11 Å². The third-order valence-electron chi connectivity index (χ3n) is 5.97. The zero-order valence-electron chi connectivity index (χ0n) is 19.2. The average Bonchev–Trinajstić information content (AvgIpc) is 3.22. The molecule has 0 atom stereocenters. The number of anilines is 2. The van der Waals surface area contributed by atoms with Crippen molar-refractivity contribution in [1.29, 1.82) is 0 Å². The normalized spacial score (nSPS) is 16.5. The fraction of sp³-hybridized carbons (Fsp3) is 0.409. The molecule has 2 aliphatic heterocycles. The van der Waals surface area contributed by atoms with Crippen LogP contribution in [0.3, 0.4) is 0 Å². The molecule has 1 aromatic carbocycles. The second-order valence-corrected chi connectivity index (χ2v) is 8.77. The number of methoxy groups -OCH3 is 1. The number of ether oxygens (including phenoxy) is 2. The number of carbonyl (C=O) groups excluding carboxylic acids is 2. The van der Waals surface area contributed by atoms with Crippen LogP contribution in [0.2, 0.25) is 5.15 Å². The van der Waals surface area contributed by atoms with Gasteiger partial charge in [-0.1, -0.05) is 23.7 Å². The number of hydrogen-bond acceptors (Lipinski definition) is 10. The molecule has 35 heavy (non-hydrogen) atoms. The zero-order valence-corrected chi connectivity index (χ0v) is 20.0. The highest BCUT2D eigenvalue weighted by atomic mass is 35.5. The van der Waals surface area contributed by atoms with Crippen LogP contribution in [0.15, 0.2) is 29.3 Å². The SMILES string of the molecule is COCOc1ccc(CC(=O)N2CCC3(CC2)CN=C(NC(=O)c2nc(Cl)c(N)nc2N)N3)cc1. The number of likely N-dealkylation sites (tertiary alicyclic amines) is 1. The molecule has 13 heteroatoms. The maximum absolute atomic E-state index is 12.8. The monoisotopic (exact) mass is 502 g/mol. The molecule has 4 rings (SSSR count). The van der Waals surface area contributed by atoms with Crippen molar-refractivity contribution in [2.45, 2.75) is 24.8 Å². The third kappa shape index (κ3) is 5.72. The van der Waals surface area contributed by atoms with Gasteiger partial charge in [0.25, 0.3) is 5.91 Å². The summed E-state index contributed by atoms with van der Waals surface area (Å²) in [6, 6.07) is 7.39. The van der Waals surface area contributed by atoms with Gasteiger partial charge < -0.3 is 31.2 Å². The standard InChI is InChI=1S/C22H27ClN8O4/c1-34-12-35-14-4-2-13(3-5-14)10-15(32)31-8-6-22(7-9-31)11-26-21(30-22)29-20(33)16-18(24)28-19(25)17(23)27-16/h2-5H,6-12H2,1H3,(H4,24,25,28)(H2,26,29,30,33). The second-order valence-electron chi connectivity index (χ2n) is 8.41. The summed E-state index contributed by atoms with van der Waals surface area (Å²) in [5, 5.41) is 5.85. The number of nitrogens with two attached hydrogens (primary N) is 2. The minimum atomic E-state index is -0.591. The highest BCUT2D eigenvalue weighted by molar-refractivity contribution is 6.31. The molecule has 0 bridgehead atoms. The molecule has 3 heterocycles. The number of aromatic nitrogens is 2. The number of rotatable bonds is 6. The van der Waals surface area contributed by atoms with Gasteiger partial charge in [-0.05, 0) is 30.5 Å². The summed E-state index contributed by atoms with van der Waals surface area (Å²) >= 11 is 5.86. The number of halogens is 1. The van der Waals surface area contributed by atoms with E-state index in [2.05, 4.69) is 25.6 Å². The molecule has 186 valence electrons. The van der Waals surface area contributed by atoms with Gasteiger partial charge in [-0.15, -0.1) is 0 Å². The minimum absolute atomic E-state index is 0.0505. The molecular weight excluding hydrogens is 476 g/mol. The Morgan fingerprint density at radius 2 is 1.89 bits per heavy atom. The first-order chi connectivity index (χ1) is 16.8. The lowest BCUT2D eigenvalue weighted by Gasteiger charge is -2.39. The van der Waals surface area contributed by atoms with Gasteiger partial charge in [-0.2, -0.15) is 0 Å². The first-order valence-electron chi connectivity index (χ1n) is 11.0. The van der Waals surface area contributed by atoms with Gasteiger partial charge in [0.05, 0.1) is 18.5 Å². The summed E-state index contributed by atoms with van der Waals surface area (Å²) in [4.78, 5) is 39.4. The van der Waals surface area contributed by atoms with Crippen molar-refractivity contribution < 1.29 is 19.1 Å². The summed E-state index contributed by atoms with van der Waals surface area (Å²) in [5.74, 6) is 0.303. The van der Waals surface area contributed by atoms with Gasteiger partial charge in [0.1, 0.15) is 5.75 Å². The molecule has 0 radical (unpaired) electrons. The number of piperidine rings is 1. The number of hydrogen-bond donors (Lipinski definition) is 4. The number of nitrogens with one attached hydrogen (secondary N) is 2. The Labute approximate surface area is 207 Å². The fourth-order valence-electron chi connectivity index (χ4n) is 3.99. The maximum atomic E-state index is 12.8. The van der Waals surface area contributed by atoms with Gasteiger partial charge in [-0.25, -0.2) is 9.97 Å². The summed E-state index contributed by atoms with van der Waals surface area (Å²) in [7, 11) is 1.56. The van der Waals surface area contributed by atoms with E-state index in [9.17, 15) is 9.59 Å². The predicted octanol–water partition coefficient (Wildman–Crippen LogP) is 0.570. The van der Waals surface area contributed by atoms with Gasteiger partial charge >= 0.3 is 0 Å². The second kappa shape index (κ2) is 10.3. The van der Waals surface area contributed by atoms with E-state index in [0.29, 0.717) is 50.6 Å². The Hall–Kier alpha value is -3.64. The molecule has 0 saturated carbocycles. The van der Waals surface area contributed by atoms with E-state index in [4.69, 9.17) is 32.5 Å². The van der Waals surface area contributed by atoms with E-state index in [1.165, 1.54) is 0 Å². The van der Waals surface area contributed by atoms with Crippen molar-refractivity contribution in [2.75, 3.05) is 45.0 Å². The lowest BCUT2D eigenvalue weighted by Crippen LogP contribution is -2.57. The number of amides is 2. The summed E-state index contributed by atoms with van der Waals surface area (Å²) < 4.78 is 10.3. The molecule has 1 fully saturated rings. The van der Waals surface area contributed by atoms with E-state index >= 15 is 0 Å². The number of benzene rings is 1. The van der Waals surface area contributed by atoms with Crippen LogP contribution < -0.4 is 26.8 Å². The smallest absolute Gasteiger partial charge is 0.280 e. The minimum Gasteiger partial charge on any atom is -0.468 e. The number of guanidine groups is 1. The van der Waals surface area contributed by atoms with Crippen molar-refractivity contribution in [2.24, 2.45) is 4.99 Å². The molecule has 1 aromatic heterocycles. The molecule has 1 saturated heterocycles. The number of aliphatic imine (C=N–C) groups is 1. The van der Waals surface area contributed by atoms with Crippen molar-refractivity contribution in [1.82, 2.24) is 25.5 Å². The molecule has 2 aromatic rings. The Morgan fingerprint density at radius 1 is 1.17 bits per heavy atom. The van der Waals surface area contributed by atoms with E-state index < -0.39 is 5.91 Å². The molecule has 1 spiro atoms. The quantitative estimate of drug-likeness (QED) is 0.412. The van der Waals surface area contributed by atoms with E-state index in [0.717, 1.165) is 5.56 Å². The summed E-state index contributed by atoms with van der Waals surface area (Å²) in [6.45, 7) is 1.83. The van der Waals surface area contributed by atoms with Crippen LogP contribution in [0, 0.1) is 0 Å². The van der Waals surface area contributed by atoms with Crippen molar-refractivity contribution in [3.05, 3.63) is 40.7 Å². The van der Waals surface area contributed by atoms with E-state index in [1.807, 2.05) is 29.2 Å². The highest BCUT2D eigenvalue weighted by Gasteiger charge is 2.40. The summed E-state index contributed by atoms with van der Waals surface area (Å²) in [5.41, 5.74) is 11.8. The number of nitrogen functional groups attached to an aromatic ring is 2. The average molecular weight is 503 g/mol. The van der Waals surface area contributed by atoms with Gasteiger partial charge in [0.15, 0.2) is 35.2 Å².